The highest BCUT2D eigenvalue weighted by molar-refractivity contribution is 14.2. The molecule has 2 nitrogen and oxygen atoms in total. The number of hydrogen-bond donors (Lipinski definition) is 2. The van der Waals surface area contributed by atoms with Gasteiger partial charge in [-0.3, -0.25) is 0 Å². The molecule has 0 aliphatic rings. The van der Waals surface area contributed by atoms with E-state index in [0.29, 0.717) is 0 Å². The molecule has 0 spiro atoms. The number of alkyl halides is 2. The Hall–Kier alpha value is 1.38. The van der Waals surface area contributed by atoms with E-state index in [2.05, 4.69) is 45.2 Å². The first-order valence-electron chi connectivity index (χ1n) is 2.43. The largest absolute Gasteiger partial charge is 0.330 e. The van der Waals surface area contributed by atoms with Crippen molar-refractivity contribution >= 4 is 45.2 Å². The normalized spacial score (nSPS) is 12.0. The summed E-state index contributed by atoms with van der Waals surface area (Å²) in [6.07, 6.45) is 2.01. The van der Waals surface area contributed by atoms with Crippen molar-refractivity contribution < 1.29 is 0 Å². The van der Waals surface area contributed by atoms with E-state index in [-0.39, 0.29) is 1.55 Å². The third-order valence-corrected chi connectivity index (χ3v) is 1.79. The maximum absolute atomic E-state index is 5.64. The molecule has 0 unspecified atom stereocenters. The van der Waals surface area contributed by atoms with Crippen LogP contribution in [0, 0.1) is 0 Å². The summed E-state index contributed by atoms with van der Waals surface area (Å²) in [6.45, 7) is 0.741. The summed E-state index contributed by atoms with van der Waals surface area (Å²) in [6, 6.07) is 0. The van der Waals surface area contributed by atoms with Crippen molar-refractivity contribution in [3.63, 3.8) is 0 Å². The van der Waals surface area contributed by atoms with Gasteiger partial charge in [-0.05, 0) is 64.6 Å². The van der Waals surface area contributed by atoms with Crippen LogP contribution >= 0.6 is 45.2 Å². The van der Waals surface area contributed by atoms with Crippen LogP contribution in [-0.4, -0.2) is 8.10 Å². The summed E-state index contributed by atoms with van der Waals surface area (Å²) in [4.78, 5) is 0. The molecule has 8 heavy (non-hydrogen) atoms. The zero-order chi connectivity index (χ0) is 6.62. The second kappa shape index (κ2) is 4.24. The predicted molar refractivity (Wildman–Crippen MR) is 53.2 cm³/mol. The SMILES string of the molecule is NCCCC(N)(I)I. The zero-order valence-electron chi connectivity index (χ0n) is 4.53. The van der Waals surface area contributed by atoms with Crippen molar-refractivity contribution in [3.8, 4) is 0 Å². The van der Waals surface area contributed by atoms with Gasteiger partial charge in [-0.15, -0.1) is 0 Å². The third kappa shape index (κ3) is 7.38. The van der Waals surface area contributed by atoms with E-state index in [4.69, 9.17) is 11.5 Å². The molecule has 0 aromatic heterocycles. The molecule has 0 aliphatic heterocycles. The van der Waals surface area contributed by atoms with Crippen LogP contribution in [0.25, 0.3) is 0 Å². The molecule has 0 atom stereocenters. The predicted octanol–water partition coefficient (Wildman–Crippen LogP) is 1.21. The lowest BCUT2D eigenvalue weighted by Gasteiger charge is -2.11. The van der Waals surface area contributed by atoms with Gasteiger partial charge >= 0.3 is 0 Å². The lowest BCUT2D eigenvalue weighted by molar-refractivity contribution is 0.725. The smallest absolute Gasteiger partial charge is 0.120 e. The monoisotopic (exact) mass is 340 g/mol. The number of hydrogen-bond acceptors (Lipinski definition) is 2. The molecule has 0 aromatic rings. The molecule has 0 fully saturated rings. The molecule has 0 aliphatic carbocycles. The van der Waals surface area contributed by atoms with Gasteiger partial charge in [0.2, 0.25) is 0 Å². The van der Waals surface area contributed by atoms with Crippen LogP contribution in [0.15, 0.2) is 0 Å². The molecule has 4 heteroatoms. The fourth-order valence-corrected chi connectivity index (χ4v) is 1.10. The van der Waals surface area contributed by atoms with Crippen LogP contribution in [0.2, 0.25) is 0 Å². The molecule has 0 radical (unpaired) electrons. The molecule has 0 aromatic carbocycles. The third-order valence-electron chi connectivity index (χ3n) is 0.714. The van der Waals surface area contributed by atoms with Crippen LogP contribution in [0.5, 0.6) is 0 Å². The maximum atomic E-state index is 5.64. The van der Waals surface area contributed by atoms with E-state index in [1.54, 1.807) is 0 Å². The van der Waals surface area contributed by atoms with Crippen LogP contribution in [0.1, 0.15) is 12.8 Å². The Labute approximate surface area is 77.0 Å². The maximum Gasteiger partial charge on any atom is 0.120 e. The van der Waals surface area contributed by atoms with Gasteiger partial charge in [0, 0.05) is 0 Å². The quantitative estimate of drug-likeness (QED) is 0.461. The Bertz CT molecular complexity index is 59.5. The van der Waals surface area contributed by atoms with Crippen LogP contribution in [-0.2, 0) is 0 Å². The number of halogens is 2. The van der Waals surface area contributed by atoms with E-state index >= 15 is 0 Å². The molecule has 0 saturated carbocycles. The Morgan fingerprint density at radius 3 is 2.00 bits per heavy atom. The summed E-state index contributed by atoms with van der Waals surface area (Å²) in [7, 11) is 0. The fraction of sp³-hybridized carbons (Fsp3) is 1.00. The Morgan fingerprint density at radius 1 is 1.38 bits per heavy atom. The summed E-state index contributed by atoms with van der Waals surface area (Å²) < 4.78 is -0.0884. The Kier molecular flexibility index (Phi) is 4.97. The zero-order valence-corrected chi connectivity index (χ0v) is 8.85. The van der Waals surface area contributed by atoms with Crippen molar-refractivity contribution in [1.29, 1.82) is 0 Å². The topological polar surface area (TPSA) is 52.0 Å². The van der Waals surface area contributed by atoms with Crippen molar-refractivity contribution in [1.82, 2.24) is 0 Å². The minimum atomic E-state index is -0.0884. The van der Waals surface area contributed by atoms with Gasteiger partial charge in [0.05, 0.1) is 0 Å². The number of nitrogens with two attached hydrogens (primary N) is 2. The second-order valence-electron chi connectivity index (χ2n) is 1.65. The van der Waals surface area contributed by atoms with Gasteiger partial charge in [0.15, 0.2) is 0 Å². The molecular formula is C4H10I2N2. The number of rotatable bonds is 3. The molecule has 50 valence electrons. The molecular weight excluding hydrogens is 330 g/mol. The van der Waals surface area contributed by atoms with Crippen LogP contribution < -0.4 is 11.5 Å². The van der Waals surface area contributed by atoms with Crippen LogP contribution in [0.3, 0.4) is 0 Å². The van der Waals surface area contributed by atoms with Crippen molar-refractivity contribution in [3.05, 3.63) is 0 Å². The van der Waals surface area contributed by atoms with E-state index in [0.717, 1.165) is 19.4 Å². The Balaban J connectivity index is 3.11. The molecule has 0 rings (SSSR count). The van der Waals surface area contributed by atoms with Gasteiger partial charge in [-0.25, -0.2) is 0 Å². The fourth-order valence-electron chi connectivity index (χ4n) is 0.338. The van der Waals surface area contributed by atoms with E-state index in [1.165, 1.54) is 0 Å². The first kappa shape index (κ1) is 9.38. The van der Waals surface area contributed by atoms with Gasteiger partial charge < -0.3 is 11.5 Å². The minimum absolute atomic E-state index is 0.0884. The lowest BCUT2D eigenvalue weighted by atomic mass is 10.3. The standard InChI is InChI=1S/C4H10I2N2/c5-4(6,8)2-1-3-7/h1-3,7-8H2. The van der Waals surface area contributed by atoms with Crippen molar-refractivity contribution in [2.24, 2.45) is 11.5 Å². The van der Waals surface area contributed by atoms with E-state index in [9.17, 15) is 0 Å². The average Bonchev–Trinajstić information content (AvgIpc) is 1.59. The highest BCUT2D eigenvalue weighted by Gasteiger charge is 2.12. The van der Waals surface area contributed by atoms with Gasteiger partial charge in [-0.1, -0.05) is 0 Å². The minimum Gasteiger partial charge on any atom is -0.330 e. The second-order valence-corrected chi connectivity index (χ2v) is 7.57. The molecule has 0 saturated heterocycles. The van der Waals surface area contributed by atoms with Crippen molar-refractivity contribution in [2.75, 3.05) is 6.54 Å². The van der Waals surface area contributed by atoms with E-state index < -0.39 is 0 Å². The van der Waals surface area contributed by atoms with E-state index in [1.807, 2.05) is 0 Å². The molecule has 0 heterocycles. The van der Waals surface area contributed by atoms with Gasteiger partial charge in [0.1, 0.15) is 1.55 Å². The average molecular weight is 340 g/mol. The summed E-state index contributed by atoms with van der Waals surface area (Å²) >= 11 is 4.42. The first-order valence-corrected chi connectivity index (χ1v) is 4.59. The summed E-state index contributed by atoms with van der Waals surface area (Å²) in [5, 5.41) is 0. The van der Waals surface area contributed by atoms with Gasteiger partial charge in [0.25, 0.3) is 0 Å². The van der Waals surface area contributed by atoms with Crippen molar-refractivity contribution in [2.45, 2.75) is 14.4 Å². The molecule has 0 bridgehead atoms. The first-order chi connectivity index (χ1) is 3.56. The molecule has 0 amide bonds. The van der Waals surface area contributed by atoms with Gasteiger partial charge in [-0.2, -0.15) is 0 Å². The Morgan fingerprint density at radius 2 is 1.88 bits per heavy atom. The highest BCUT2D eigenvalue weighted by atomic mass is 127. The molecule has 4 N–H and O–H groups in total. The summed E-state index contributed by atoms with van der Waals surface area (Å²) in [5.41, 5.74) is 10.9. The summed E-state index contributed by atoms with van der Waals surface area (Å²) in [5.74, 6) is 0. The highest BCUT2D eigenvalue weighted by Crippen LogP contribution is 2.25. The lowest BCUT2D eigenvalue weighted by Crippen LogP contribution is -2.24. The van der Waals surface area contributed by atoms with Crippen LogP contribution in [0.4, 0.5) is 0 Å².